The van der Waals surface area contributed by atoms with Gasteiger partial charge in [-0.3, -0.25) is 24.4 Å². The highest BCUT2D eigenvalue weighted by Gasteiger charge is 2.33. The molecule has 2 unspecified atom stereocenters. The van der Waals surface area contributed by atoms with Crippen molar-refractivity contribution < 1.29 is 36.7 Å². The lowest BCUT2D eigenvalue weighted by molar-refractivity contribution is -0.391. The van der Waals surface area contributed by atoms with Crippen LogP contribution in [0.2, 0.25) is 0 Å². The summed E-state index contributed by atoms with van der Waals surface area (Å²) in [4.78, 5) is 30.8. The van der Waals surface area contributed by atoms with Gasteiger partial charge in [0.2, 0.25) is 0 Å². The zero-order valence-electron chi connectivity index (χ0n) is 14.1. The molecule has 1 aromatic rings. The number of hydrogen-bond acceptors (Lipinski definition) is 10. The topological polar surface area (TPSA) is 165 Å². The second-order valence-electron chi connectivity index (χ2n) is 5.62. The molecule has 0 saturated carbocycles. The molecule has 13 heteroatoms. The van der Waals surface area contributed by atoms with E-state index >= 15 is 0 Å². The van der Waals surface area contributed by atoms with Crippen LogP contribution >= 0.6 is 0 Å². The third-order valence-corrected chi connectivity index (χ3v) is 5.07. The Balaban J connectivity index is 2.16. The molecule has 148 valence electrons. The fourth-order valence-electron chi connectivity index (χ4n) is 2.32. The SMILES string of the molecule is CC(OS(=O)(=O)c1cc([N+](=O)[O-])ccc1[N+](=O)[O-])C(=O)OCC1CCCO1. The fraction of sp³-hybridized carbons (Fsp3) is 0.500. The first kappa shape index (κ1) is 20.7. The van der Waals surface area contributed by atoms with Crippen molar-refractivity contribution in [3.05, 3.63) is 38.4 Å². The van der Waals surface area contributed by atoms with Gasteiger partial charge in [-0.15, -0.1) is 0 Å². The van der Waals surface area contributed by atoms with E-state index in [0.717, 1.165) is 19.4 Å². The summed E-state index contributed by atoms with van der Waals surface area (Å²) in [6.07, 6.45) is -0.384. The van der Waals surface area contributed by atoms with Crippen molar-refractivity contribution in [3.63, 3.8) is 0 Å². The number of carbonyl (C=O) groups excluding carboxylic acids is 1. The van der Waals surface area contributed by atoms with Gasteiger partial charge in [0.15, 0.2) is 11.0 Å². The number of nitrogens with zero attached hydrogens (tertiary/aromatic N) is 2. The number of esters is 1. The lowest BCUT2D eigenvalue weighted by Gasteiger charge is -2.14. The summed E-state index contributed by atoms with van der Waals surface area (Å²) >= 11 is 0. The number of rotatable bonds is 8. The van der Waals surface area contributed by atoms with Gasteiger partial charge in [-0.2, -0.15) is 8.42 Å². The van der Waals surface area contributed by atoms with Gasteiger partial charge in [0.25, 0.3) is 11.4 Å². The summed E-state index contributed by atoms with van der Waals surface area (Å²) in [5.41, 5.74) is -1.60. The third-order valence-electron chi connectivity index (χ3n) is 3.66. The Morgan fingerprint density at radius 3 is 2.59 bits per heavy atom. The van der Waals surface area contributed by atoms with Crippen molar-refractivity contribution in [2.75, 3.05) is 13.2 Å². The van der Waals surface area contributed by atoms with Gasteiger partial charge >= 0.3 is 16.1 Å². The standard InChI is InChI=1S/C14H16N2O10S/c1-9(14(17)25-8-11-3-2-6-24-11)26-27(22,23)13-7-10(15(18)19)4-5-12(13)16(20)21/h4-5,7,9,11H,2-3,6,8H2,1H3. The van der Waals surface area contributed by atoms with Crippen LogP contribution in [0.4, 0.5) is 11.4 Å². The number of ether oxygens (including phenoxy) is 2. The van der Waals surface area contributed by atoms with Crippen LogP contribution in [0.25, 0.3) is 0 Å². The Kier molecular flexibility index (Phi) is 6.41. The monoisotopic (exact) mass is 404 g/mol. The molecule has 1 fully saturated rings. The maximum atomic E-state index is 12.3. The van der Waals surface area contributed by atoms with E-state index in [2.05, 4.69) is 4.18 Å². The molecular formula is C14H16N2O10S. The third kappa shape index (κ3) is 5.18. The smallest absolute Gasteiger partial charge is 0.336 e. The molecule has 0 bridgehead atoms. The van der Waals surface area contributed by atoms with Crippen molar-refractivity contribution in [1.29, 1.82) is 0 Å². The van der Waals surface area contributed by atoms with Gasteiger partial charge in [-0.25, -0.2) is 4.79 Å². The number of benzene rings is 1. The van der Waals surface area contributed by atoms with Crippen LogP contribution in [0.1, 0.15) is 19.8 Å². The summed E-state index contributed by atoms with van der Waals surface area (Å²) in [7, 11) is -4.85. The normalized spacial score (nSPS) is 18.0. The van der Waals surface area contributed by atoms with Crippen LogP contribution < -0.4 is 0 Å². The Labute approximate surface area is 153 Å². The highest BCUT2D eigenvalue weighted by Crippen LogP contribution is 2.30. The summed E-state index contributed by atoms with van der Waals surface area (Å²) in [6.45, 7) is 1.54. The minimum absolute atomic E-state index is 0.0798. The molecule has 0 aliphatic carbocycles. The molecule has 1 aromatic carbocycles. The van der Waals surface area contributed by atoms with Gasteiger partial charge in [0.05, 0.1) is 16.0 Å². The van der Waals surface area contributed by atoms with Gasteiger partial charge in [0.1, 0.15) is 6.61 Å². The maximum Gasteiger partial charge on any atom is 0.336 e. The zero-order valence-corrected chi connectivity index (χ0v) is 14.9. The van der Waals surface area contributed by atoms with Gasteiger partial charge in [0, 0.05) is 24.8 Å². The van der Waals surface area contributed by atoms with E-state index in [4.69, 9.17) is 9.47 Å². The second-order valence-corrected chi connectivity index (χ2v) is 7.16. The van der Waals surface area contributed by atoms with E-state index in [-0.39, 0.29) is 12.7 Å². The van der Waals surface area contributed by atoms with Gasteiger partial charge in [-0.05, 0) is 19.8 Å². The number of nitro benzene ring substituents is 2. The van der Waals surface area contributed by atoms with E-state index in [1.54, 1.807) is 0 Å². The molecule has 0 amide bonds. The molecule has 1 aliphatic heterocycles. The molecule has 0 spiro atoms. The van der Waals surface area contributed by atoms with Crippen molar-refractivity contribution in [3.8, 4) is 0 Å². The van der Waals surface area contributed by atoms with Gasteiger partial charge < -0.3 is 9.47 Å². The average molecular weight is 404 g/mol. The highest BCUT2D eigenvalue weighted by atomic mass is 32.2. The number of hydrogen-bond donors (Lipinski definition) is 0. The summed E-state index contributed by atoms with van der Waals surface area (Å²) in [5.74, 6) is -1.01. The van der Waals surface area contributed by atoms with Crippen LogP contribution in [-0.4, -0.2) is 49.7 Å². The first-order valence-electron chi connectivity index (χ1n) is 7.76. The molecule has 27 heavy (non-hydrogen) atoms. The molecule has 1 aliphatic rings. The Bertz CT molecular complexity index is 847. The van der Waals surface area contributed by atoms with E-state index < -0.39 is 48.3 Å². The van der Waals surface area contributed by atoms with Crippen LogP contribution in [0.15, 0.2) is 23.1 Å². The van der Waals surface area contributed by atoms with Crippen molar-refractivity contribution >= 4 is 27.5 Å². The molecule has 0 aromatic heterocycles. The van der Waals surface area contributed by atoms with Gasteiger partial charge in [-0.1, -0.05) is 0 Å². The Morgan fingerprint density at radius 2 is 2.04 bits per heavy atom. The molecule has 1 saturated heterocycles. The van der Waals surface area contributed by atoms with Crippen molar-refractivity contribution in [2.45, 2.75) is 36.9 Å². The van der Waals surface area contributed by atoms with E-state index in [0.29, 0.717) is 25.2 Å². The zero-order chi connectivity index (χ0) is 20.2. The summed E-state index contributed by atoms with van der Waals surface area (Å²) in [5, 5.41) is 21.8. The molecule has 0 N–H and O–H groups in total. The Hall–Kier alpha value is -2.64. The number of nitro groups is 2. The first-order chi connectivity index (χ1) is 12.6. The lowest BCUT2D eigenvalue weighted by Crippen LogP contribution is -2.29. The van der Waals surface area contributed by atoms with Crippen LogP contribution in [0, 0.1) is 20.2 Å². The predicted molar refractivity (Wildman–Crippen MR) is 87.4 cm³/mol. The van der Waals surface area contributed by atoms with Crippen LogP contribution in [0.3, 0.4) is 0 Å². The van der Waals surface area contributed by atoms with Crippen molar-refractivity contribution in [1.82, 2.24) is 0 Å². The maximum absolute atomic E-state index is 12.3. The molecule has 2 rings (SSSR count). The quantitative estimate of drug-likeness (QED) is 0.267. The summed E-state index contributed by atoms with van der Waals surface area (Å²) in [6, 6.07) is 1.96. The first-order valence-corrected chi connectivity index (χ1v) is 9.17. The number of carbonyl (C=O) groups is 1. The fourth-order valence-corrected chi connectivity index (χ4v) is 3.54. The van der Waals surface area contributed by atoms with E-state index in [9.17, 15) is 33.4 Å². The number of non-ortho nitro benzene ring substituents is 1. The predicted octanol–water partition coefficient (Wildman–Crippen LogP) is 1.32. The molecular weight excluding hydrogens is 388 g/mol. The minimum atomic E-state index is -4.85. The molecule has 12 nitrogen and oxygen atoms in total. The van der Waals surface area contributed by atoms with E-state index in [1.165, 1.54) is 0 Å². The highest BCUT2D eigenvalue weighted by molar-refractivity contribution is 7.87. The molecule has 0 radical (unpaired) electrons. The van der Waals surface area contributed by atoms with Crippen molar-refractivity contribution in [2.24, 2.45) is 0 Å². The summed E-state index contributed by atoms with van der Waals surface area (Å²) < 4.78 is 39.5. The van der Waals surface area contributed by atoms with E-state index in [1.807, 2.05) is 0 Å². The minimum Gasteiger partial charge on any atom is -0.461 e. The van der Waals surface area contributed by atoms with Crippen LogP contribution in [0.5, 0.6) is 0 Å². The van der Waals surface area contributed by atoms with Crippen LogP contribution in [-0.2, 0) is 28.6 Å². The second kappa shape index (κ2) is 8.37. The Morgan fingerprint density at radius 1 is 1.33 bits per heavy atom. The lowest BCUT2D eigenvalue weighted by atomic mass is 10.2. The molecule has 2 atom stereocenters. The molecule has 1 heterocycles. The average Bonchev–Trinajstić information content (AvgIpc) is 3.12. The largest absolute Gasteiger partial charge is 0.461 e.